The first-order chi connectivity index (χ1) is 14.3. The van der Waals surface area contributed by atoms with Gasteiger partial charge in [0.15, 0.2) is 0 Å². The summed E-state index contributed by atoms with van der Waals surface area (Å²) in [5.41, 5.74) is 7.93. The molecule has 1 aromatic heterocycles. The third-order valence-corrected chi connectivity index (χ3v) is 6.00. The van der Waals surface area contributed by atoms with Crippen LogP contribution in [0.5, 0.6) is 0 Å². The van der Waals surface area contributed by atoms with Gasteiger partial charge in [-0.25, -0.2) is 14.4 Å². The van der Waals surface area contributed by atoms with E-state index in [1.54, 1.807) is 0 Å². The van der Waals surface area contributed by atoms with Crippen LogP contribution in [-0.4, -0.2) is 35.3 Å². The van der Waals surface area contributed by atoms with E-state index < -0.39 is 0 Å². The van der Waals surface area contributed by atoms with Crippen molar-refractivity contribution < 1.29 is 4.39 Å². The number of anilines is 3. The highest BCUT2D eigenvalue weighted by molar-refractivity contribution is 6.32. The molecular formula is C22H32ClFN6. The number of nitrogens with zero attached hydrogens (tertiary/aromatic N) is 3. The summed E-state index contributed by atoms with van der Waals surface area (Å²) in [5.74, 6) is -0.233. The highest BCUT2D eigenvalue weighted by atomic mass is 35.5. The van der Waals surface area contributed by atoms with Crippen LogP contribution < -0.4 is 21.3 Å². The van der Waals surface area contributed by atoms with E-state index in [4.69, 9.17) is 17.3 Å². The molecule has 1 fully saturated rings. The number of halogens is 2. The first kappa shape index (κ1) is 22.6. The Morgan fingerprint density at radius 2 is 1.97 bits per heavy atom. The second kappa shape index (κ2) is 9.79. The Morgan fingerprint density at radius 3 is 2.57 bits per heavy atom. The number of hydrogen-bond donors (Lipinski definition) is 3. The molecule has 1 atom stereocenters. The molecule has 1 unspecified atom stereocenters. The van der Waals surface area contributed by atoms with Crippen molar-refractivity contribution in [3.63, 3.8) is 0 Å². The lowest BCUT2D eigenvalue weighted by Gasteiger charge is -2.28. The number of aromatic nitrogens is 2. The smallest absolute Gasteiger partial charge is 0.220 e. The summed E-state index contributed by atoms with van der Waals surface area (Å²) in [4.78, 5) is 10.1. The Hall–Kier alpha value is -2.12. The van der Waals surface area contributed by atoms with Crippen LogP contribution in [-0.2, 0) is 0 Å². The van der Waals surface area contributed by atoms with Crippen molar-refractivity contribution in [3.05, 3.63) is 29.2 Å². The minimum atomic E-state index is -0.337. The third-order valence-electron chi connectivity index (χ3n) is 5.72. The van der Waals surface area contributed by atoms with E-state index in [0.29, 0.717) is 22.0 Å². The molecule has 0 amide bonds. The van der Waals surface area contributed by atoms with Gasteiger partial charge in [-0.2, -0.15) is 0 Å². The van der Waals surface area contributed by atoms with Gasteiger partial charge in [-0.05, 0) is 52.8 Å². The Balaban J connectivity index is 0.000000269. The maximum atomic E-state index is 14.5. The monoisotopic (exact) mass is 434 g/mol. The topological polar surface area (TPSA) is 79.1 Å². The third kappa shape index (κ3) is 4.95. The van der Waals surface area contributed by atoms with Crippen LogP contribution in [0.4, 0.5) is 21.7 Å². The van der Waals surface area contributed by atoms with Gasteiger partial charge in [0.2, 0.25) is 5.95 Å². The summed E-state index contributed by atoms with van der Waals surface area (Å²) < 4.78 is 14.5. The van der Waals surface area contributed by atoms with Crippen LogP contribution in [0.3, 0.4) is 0 Å². The van der Waals surface area contributed by atoms with Crippen molar-refractivity contribution in [2.75, 3.05) is 23.0 Å². The quantitative estimate of drug-likeness (QED) is 0.627. The maximum Gasteiger partial charge on any atom is 0.220 e. The Morgan fingerprint density at radius 1 is 1.27 bits per heavy atom. The van der Waals surface area contributed by atoms with E-state index in [0.717, 1.165) is 11.7 Å². The van der Waals surface area contributed by atoms with Crippen LogP contribution >= 0.6 is 11.6 Å². The van der Waals surface area contributed by atoms with E-state index in [2.05, 4.69) is 46.4 Å². The Labute approximate surface area is 183 Å². The average Bonchev–Trinajstić information content (AvgIpc) is 3.07. The van der Waals surface area contributed by atoms with E-state index in [1.165, 1.54) is 44.4 Å². The van der Waals surface area contributed by atoms with Crippen molar-refractivity contribution in [3.8, 4) is 11.3 Å². The zero-order valence-corrected chi connectivity index (χ0v) is 18.9. The molecule has 0 bridgehead atoms. The molecular weight excluding hydrogens is 403 g/mol. The predicted molar refractivity (Wildman–Crippen MR) is 123 cm³/mol. The minimum Gasteiger partial charge on any atom is -0.368 e. The molecule has 2 aliphatic rings. The lowest BCUT2D eigenvalue weighted by molar-refractivity contribution is 0.394. The van der Waals surface area contributed by atoms with Crippen molar-refractivity contribution in [1.29, 1.82) is 0 Å². The summed E-state index contributed by atoms with van der Waals surface area (Å²) in [6.45, 7) is 6.12. The highest BCUT2D eigenvalue weighted by Crippen LogP contribution is 2.41. The van der Waals surface area contributed by atoms with Crippen molar-refractivity contribution >= 4 is 28.9 Å². The molecule has 2 aromatic rings. The van der Waals surface area contributed by atoms with Crippen LogP contribution in [0, 0.1) is 5.82 Å². The van der Waals surface area contributed by atoms with Gasteiger partial charge in [-0.3, -0.25) is 0 Å². The summed E-state index contributed by atoms with van der Waals surface area (Å²) in [6.07, 6.45) is 8.57. The number of fused-ring (bicyclic) bond motifs is 1. The summed E-state index contributed by atoms with van der Waals surface area (Å²) >= 11 is 6.13. The van der Waals surface area contributed by atoms with Gasteiger partial charge in [-0.15, -0.1) is 0 Å². The normalized spacial score (nSPS) is 18.6. The lowest BCUT2D eigenvalue weighted by Crippen LogP contribution is -2.38. The van der Waals surface area contributed by atoms with E-state index in [-0.39, 0.29) is 24.0 Å². The molecule has 8 heteroatoms. The van der Waals surface area contributed by atoms with Crippen molar-refractivity contribution in [1.82, 2.24) is 15.3 Å². The van der Waals surface area contributed by atoms with E-state index in [9.17, 15) is 4.39 Å². The summed E-state index contributed by atoms with van der Waals surface area (Å²) in [5, 5.41) is 6.80. The Kier molecular flexibility index (Phi) is 7.36. The van der Waals surface area contributed by atoms with Crippen LogP contribution in [0.25, 0.3) is 11.3 Å². The maximum absolute atomic E-state index is 14.5. The van der Waals surface area contributed by atoms with Crippen LogP contribution in [0.1, 0.15) is 52.9 Å². The SMILES string of the molecule is CC(C)N1c2cc(-c3nc(N)ncc3Cl)cc(F)c2NC1C.CNC1CCCCC1. The first-order valence-electron chi connectivity index (χ1n) is 10.7. The second-order valence-electron chi connectivity index (χ2n) is 8.22. The van der Waals surface area contributed by atoms with Crippen molar-refractivity contribution in [2.24, 2.45) is 0 Å². The molecule has 0 saturated heterocycles. The first-order valence-corrected chi connectivity index (χ1v) is 11.0. The highest BCUT2D eigenvalue weighted by Gasteiger charge is 2.30. The molecule has 2 heterocycles. The number of hydrogen-bond acceptors (Lipinski definition) is 6. The number of rotatable bonds is 3. The lowest BCUT2D eigenvalue weighted by atomic mass is 9.96. The molecule has 164 valence electrons. The Bertz CT molecular complexity index is 869. The molecule has 1 aromatic carbocycles. The fourth-order valence-corrected chi connectivity index (χ4v) is 4.46. The summed E-state index contributed by atoms with van der Waals surface area (Å²) in [6, 6.07) is 4.35. The number of nitrogens with one attached hydrogen (secondary N) is 2. The summed E-state index contributed by atoms with van der Waals surface area (Å²) in [7, 11) is 2.07. The molecule has 30 heavy (non-hydrogen) atoms. The van der Waals surface area contributed by atoms with Gasteiger partial charge in [0.05, 0.1) is 34.5 Å². The van der Waals surface area contributed by atoms with Gasteiger partial charge in [0, 0.05) is 17.6 Å². The van der Waals surface area contributed by atoms with Crippen LogP contribution in [0.2, 0.25) is 5.02 Å². The van der Waals surface area contributed by atoms with Gasteiger partial charge in [-0.1, -0.05) is 30.9 Å². The minimum absolute atomic E-state index is 0.0192. The molecule has 4 rings (SSSR count). The van der Waals surface area contributed by atoms with E-state index in [1.807, 2.05) is 13.0 Å². The number of nitrogen functional groups attached to an aromatic ring is 1. The fraction of sp³-hybridized carbons (Fsp3) is 0.545. The standard InChI is InChI=1S/C15H17ClFN5.C7H15N/c1-7(2)22-8(3)20-14-11(17)4-9(5-12(14)22)13-10(16)6-19-15(18)21-13;1-8-7-5-3-2-4-6-7/h4-8,20H,1-3H3,(H2,18,19,21);7-8H,2-6H2,1H3. The molecule has 0 spiro atoms. The van der Waals surface area contributed by atoms with Gasteiger partial charge >= 0.3 is 0 Å². The van der Waals surface area contributed by atoms with E-state index >= 15 is 0 Å². The molecule has 4 N–H and O–H groups in total. The van der Waals surface area contributed by atoms with Crippen molar-refractivity contribution in [2.45, 2.75) is 71.1 Å². The average molecular weight is 435 g/mol. The van der Waals surface area contributed by atoms with Gasteiger partial charge < -0.3 is 21.3 Å². The molecule has 1 aliphatic heterocycles. The largest absolute Gasteiger partial charge is 0.368 e. The zero-order valence-electron chi connectivity index (χ0n) is 18.2. The fourth-order valence-electron chi connectivity index (χ4n) is 4.26. The second-order valence-corrected chi connectivity index (χ2v) is 8.63. The van der Waals surface area contributed by atoms with Gasteiger partial charge in [0.1, 0.15) is 5.82 Å². The van der Waals surface area contributed by atoms with Gasteiger partial charge in [0.25, 0.3) is 0 Å². The molecule has 1 aliphatic carbocycles. The molecule has 0 radical (unpaired) electrons. The zero-order chi connectivity index (χ0) is 21.8. The number of nitrogens with two attached hydrogens (primary N) is 1. The number of benzene rings is 1. The molecule has 6 nitrogen and oxygen atoms in total. The van der Waals surface area contributed by atoms with Crippen LogP contribution in [0.15, 0.2) is 18.3 Å². The predicted octanol–water partition coefficient (Wildman–Crippen LogP) is 5.04. The molecule has 1 saturated carbocycles.